The van der Waals surface area contributed by atoms with E-state index in [1.165, 1.54) is 141 Å². The van der Waals surface area contributed by atoms with Crippen LogP contribution in [0.3, 0.4) is 0 Å². The molecule has 1 amide bonds. The van der Waals surface area contributed by atoms with E-state index in [-0.39, 0.29) is 18.9 Å². The number of unbranched alkanes of at least 4 members (excludes halogenated alkanes) is 27. The number of aliphatic hydroxyl groups is 11. The summed E-state index contributed by atoms with van der Waals surface area (Å²) in [6, 6.07) is -0.984. The highest BCUT2D eigenvalue weighted by Crippen LogP contribution is 2.33. The van der Waals surface area contributed by atoms with Gasteiger partial charge >= 0.3 is 0 Å². The molecule has 17 atom stereocenters. The Morgan fingerprint density at radius 1 is 0.449 bits per heavy atom. The highest BCUT2D eigenvalue weighted by molar-refractivity contribution is 5.76. The predicted octanol–water partition coefficient (Wildman–Crippen LogP) is 5.54. The maximum Gasteiger partial charge on any atom is 0.220 e. The zero-order valence-electron chi connectivity index (χ0n) is 47.7. The van der Waals surface area contributed by atoms with Gasteiger partial charge in [0.15, 0.2) is 18.9 Å². The van der Waals surface area contributed by atoms with E-state index in [4.69, 9.17) is 28.4 Å². The fraction of sp³-hybridized carbons (Fsp3) is 0.915. The number of amides is 1. The highest BCUT2D eigenvalue weighted by Gasteiger charge is 2.53. The second kappa shape index (κ2) is 43.0. The van der Waals surface area contributed by atoms with Gasteiger partial charge in [-0.2, -0.15) is 0 Å². The minimum atomic E-state index is -1.98. The van der Waals surface area contributed by atoms with E-state index in [0.717, 1.165) is 38.5 Å². The lowest BCUT2D eigenvalue weighted by atomic mass is 9.96. The summed E-state index contributed by atoms with van der Waals surface area (Å²) in [4.78, 5) is 13.3. The van der Waals surface area contributed by atoms with Gasteiger partial charge < -0.3 is 89.9 Å². The summed E-state index contributed by atoms with van der Waals surface area (Å²) >= 11 is 0. The van der Waals surface area contributed by atoms with Crippen LogP contribution in [0.2, 0.25) is 0 Å². The molecule has 0 aliphatic carbocycles. The number of nitrogens with one attached hydrogen (secondary N) is 1. The Hall–Kier alpha value is -1.73. The summed E-state index contributed by atoms with van der Waals surface area (Å²) in [5.41, 5.74) is 0. The van der Waals surface area contributed by atoms with Crippen LogP contribution in [0.15, 0.2) is 24.3 Å². The third-order valence-electron chi connectivity index (χ3n) is 15.5. The molecular weight excluding hydrogens is 1010 g/mol. The molecule has 0 spiro atoms. The Bertz CT molecular complexity index is 1530. The first-order valence-corrected chi connectivity index (χ1v) is 30.6. The topological polar surface area (TPSA) is 307 Å². The van der Waals surface area contributed by atoms with Crippen LogP contribution < -0.4 is 5.32 Å². The zero-order valence-corrected chi connectivity index (χ0v) is 47.7. The lowest BCUT2D eigenvalue weighted by Gasteiger charge is -2.48. The van der Waals surface area contributed by atoms with E-state index < -0.39 is 124 Å². The Labute approximate surface area is 467 Å². The third-order valence-corrected chi connectivity index (χ3v) is 15.5. The molecule has 12 N–H and O–H groups in total. The van der Waals surface area contributed by atoms with Crippen LogP contribution in [0.5, 0.6) is 0 Å². The highest BCUT2D eigenvalue weighted by atomic mass is 16.8. The van der Waals surface area contributed by atoms with Crippen molar-refractivity contribution in [1.29, 1.82) is 0 Å². The Morgan fingerprint density at radius 2 is 0.821 bits per heavy atom. The molecule has 17 unspecified atom stereocenters. The Kier molecular flexibility index (Phi) is 38.9. The normalized spacial score (nSPS) is 30.6. The van der Waals surface area contributed by atoms with Crippen LogP contribution in [-0.4, -0.2) is 193 Å². The first-order valence-electron chi connectivity index (χ1n) is 30.6. The van der Waals surface area contributed by atoms with Crippen molar-refractivity contribution in [2.75, 3.05) is 26.4 Å². The number of hydrogen-bond donors (Lipinski definition) is 12. The minimum absolute atomic E-state index is 0.240. The maximum absolute atomic E-state index is 13.3. The quantitative estimate of drug-likeness (QED) is 0.0263. The van der Waals surface area contributed by atoms with Crippen LogP contribution in [0, 0.1) is 0 Å². The average Bonchev–Trinajstić information content (AvgIpc) is 3.45. The third kappa shape index (κ3) is 26.7. The molecule has 3 saturated heterocycles. The van der Waals surface area contributed by atoms with Crippen LogP contribution in [0.25, 0.3) is 0 Å². The molecule has 3 aliphatic heterocycles. The monoisotopic (exact) mass is 1120 g/mol. The number of carbonyl (C=O) groups is 1. The second-order valence-electron chi connectivity index (χ2n) is 22.2. The largest absolute Gasteiger partial charge is 0.394 e. The molecule has 0 bridgehead atoms. The zero-order chi connectivity index (χ0) is 56.9. The molecular formula is C59H109NO18. The minimum Gasteiger partial charge on any atom is -0.394 e. The molecule has 0 aromatic carbocycles. The molecule has 19 heteroatoms. The number of hydrogen-bond acceptors (Lipinski definition) is 18. The van der Waals surface area contributed by atoms with Crippen molar-refractivity contribution in [3.8, 4) is 0 Å². The fourth-order valence-electron chi connectivity index (χ4n) is 10.4. The van der Waals surface area contributed by atoms with Gasteiger partial charge in [-0.1, -0.05) is 199 Å². The molecule has 3 heterocycles. The molecule has 0 radical (unpaired) electrons. The number of ether oxygens (including phenoxy) is 6. The lowest BCUT2D eigenvalue weighted by Crippen LogP contribution is -2.66. The maximum atomic E-state index is 13.3. The van der Waals surface area contributed by atoms with Crippen molar-refractivity contribution in [1.82, 2.24) is 5.32 Å². The van der Waals surface area contributed by atoms with E-state index in [2.05, 4.69) is 31.3 Å². The van der Waals surface area contributed by atoms with E-state index in [1.54, 1.807) is 6.08 Å². The summed E-state index contributed by atoms with van der Waals surface area (Å²) in [5, 5.41) is 120. The average molecular weight is 1120 g/mol. The SMILES string of the molecule is CCCCCCCCC/C=C/CC/C=C/C(O)C(COC1OC(CO)C(OC2OC(CO)C(OC3OC(CO)C(O)C(O)C3O)C(O)C2O)C(O)C1O)NC(=O)CCCCCCCCCCCCCCCCCCCCCC. The smallest absolute Gasteiger partial charge is 0.220 e. The first-order chi connectivity index (χ1) is 37.8. The standard InChI is InChI=1S/C59H109NO18/c1-3-5-7-9-11-13-15-17-18-19-20-21-22-23-25-27-29-31-33-35-37-47(65)60-42(43(64)36-34-32-30-28-26-24-16-14-12-10-8-6-4-2)41-73-57-53(71)50(68)55(45(39-62)75-57)78-59-54(72)51(69)56(46(40-63)76-59)77-58-52(70)49(67)48(66)44(38-61)74-58/h26,28,34,36,42-46,48-59,61-64,66-72H,3-25,27,29-33,35,37-41H2,1-2H3,(H,60,65)/b28-26+,36-34+. The molecule has 0 aromatic rings. The summed E-state index contributed by atoms with van der Waals surface area (Å²) in [6.07, 6.45) is 17.4. The molecule has 3 rings (SSSR count). The van der Waals surface area contributed by atoms with Crippen LogP contribution in [-0.2, 0) is 33.2 Å². The molecule has 19 nitrogen and oxygen atoms in total. The van der Waals surface area contributed by atoms with Gasteiger partial charge in [-0.25, -0.2) is 0 Å². The van der Waals surface area contributed by atoms with Gasteiger partial charge in [0.25, 0.3) is 0 Å². The van der Waals surface area contributed by atoms with Crippen molar-refractivity contribution in [3.05, 3.63) is 24.3 Å². The van der Waals surface area contributed by atoms with Crippen molar-refractivity contribution in [2.45, 2.75) is 317 Å². The number of rotatable bonds is 45. The molecule has 3 aliphatic rings. The van der Waals surface area contributed by atoms with Crippen molar-refractivity contribution < 1.29 is 89.4 Å². The van der Waals surface area contributed by atoms with E-state index in [1.807, 2.05) is 6.08 Å². The molecule has 78 heavy (non-hydrogen) atoms. The summed E-state index contributed by atoms with van der Waals surface area (Å²) < 4.78 is 34.2. The Morgan fingerprint density at radius 3 is 1.28 bits per heavy atom. The lowest BCUT2D eigenvalue weighted by molar-refractivity contribution is -0.379. The summed E-state index contributed by atoms with van der Waals surface area (Å²) in [7, 11) is 0. The van der Waals surface area contributed by atoms with Gasteiger partial charge in [0.05, 0.1) is 38.6 Å². The van der Waals surface area contributed by atoms with E-state index in [0.29, 0.717) is 12.8 Å². The summed E-state index contributed by atoms with van der Waals surface area (Å²) in [6.45, 7) is 1.70. The molecule has 3 fully saturated rings. The van der Waals surface area contributed by atoms with Crippen molar-refractivity contribution >= 4 is 5.91 Å². The van der Waals surface area contributed by atoms with Gasteiger partial charge in [0.1, 0.15) is 73.2 Å². The van der Waals surface area contributed by atoms with Gasteiger partial charge in [-0.05, 0) is 32.1 Å². The predicted molar refractivity (Wildman–Crippen MR) is 296 cm³/mol. The Balaban J connectivity index is 1.49. The number of allylic oxidation sites excluding steroid dienone is 3. The van der Waals surface area contributed by atoms with Crippen LogP contribution in [0.4, 0.5) is 0 Å². The molecule has 458 valence electrons. The van der Waals surface area contributed by atoms with Crippen LogP contribution in [0.1, 0.15) is 213 Å². The number of carbonyl (C=O) groups excluding carboxylic acids is 1. The van der Waals surface area contributed by atoms with Crippen LogP contribution >= 0.6 is 0 Å². The van der Waals surface area contributed by atoms with E-state index >= 15 is 0 Å². The molecule has 0 saturated carbocycles. The van der Waals surface area contributed by atoms with Crippen molar-refractivity contribution in [3.63, 3.8) is 0 Å². The number of aliphatic hydroxyl groups excluding tert-OH is 11. The summed E-state index contributed by atoms with van der Waals surface area (Å²) in [5.74, 6) is -0.283. The van der Waals surface area contributed by atoms with Gasteiger partial charge in [0.2, 0.25) is 5.91 Å². The van der Waals surface area contributed by atoms with Crippen molar-refractivity contribution in [2.24, 2.45) is 0 Å². The molecule has 0 aromatic heterocycles. The van der Waals surface area contributed by atoms with Gasteiger partial charge in [0, 0.05) is 6.42 Å². The first kappa shape index (κ1) is 70.5. The second-order valence-corrected chi connectivity index (χ2v) is 22.2. The van der Waals surface area contributed by atoms with Gasteiger partial charge in [-0.15, -0.1) is 0 Å². The van der Waals surface area contributed by atoms with E-state index in [9.17, 15) is 61.0 Å². The fourth-order valence-corrected chi connectivity index (χ4v) is 10.4. The van der Waals surface area contributed by atoms with Gasteiger partial charge in [-0.3, -0.25) is 4.79 Å².